The van der Waals surface area contributed by atoms with E-state index in [2.05, 4.69) is 27.8 Å². The molecule has 4 rings (SSSR count). The van der Waals surface area contributed by atoms with Crippen LogP contribution in [-0.2, 0) is 4.74 Å². The molecule has 2 aliphatic rings. The maximum Gasteiger partial charge on any atom is 0.251 e. The number of carbonyl (C=O) groups excluding carboxylic acids is 1. The summed E-state index contributed by atoms with van der Waals surface area (Å²) >= 11 is 3.38. The van der Waals surface area contributed by atoms with E-state index in [1.54, 1.807) is 18.2 Å². The molecule has 1 aliphatic heterocycles. The lowest BCUT2D eigenvalue weighted by atomic mass is 9.89. The number of hydrogen-bond donors (Lipinski definition) is 2. The van der Waals surface area contributed by atoms with Crippen molar-refractivity contribution in [2.24, 2.45) is 11.8 Å². The molecule has 2 aromatic rings. The Hall–Kier alpha value is -2.11. The van der Waals surface area contributed by atoms with Crippen molar-refractivity contribution in [3.05, 3.63) is 76.3 Å². The molecular weight excluding hydrogens is 394 g/mol. The van der Waals surface area contributed by atoms with Crippen LogP contribution in [0, 0.1) is 11.8 Å². The highest BCUT2D eigenvalue weighted by atomic mass is 79.9. The van der Waals surface area contributed by atoms with E-state index in [1.807, 2.05) is 30.3 Å². The lowest BCUT2D eigenvalue weighted by molar-refractivity contribution is 0.0928. The third kappa shape index (κ3) is 3.06. The van der Waals surface area contributed by atoms with Crippen LogP contribution >= 0.6 is 15.9 Å². The molecule has 3 atom stereocenters. The van der Waals surface area contributed by atoms with Crippen LogP contribution in [0.5, 0.6) is 5.75 Å². The number of benzene rings is 2. The zero-order valence-electron chi connectivity index (χ0n) is 14.2. The zero-order valence-corrected chi connectivity index (χ0v) is 15.8. The Bertz CT molecular complexity index is 842. The van der Waals surface area contributed by atoms with E-state index < -0.39 is 0 Å². The lowest BCUT2D eigenvalue weighted by Gasteiger charge is -2.18. The first-order valence-corrected chi connectivity index (χ1v) is 9.48. The Morgan fingerprint density at radius 3 is 2.62 bits per heavy atom. The standard InChI is InChI=1S/C21H20BrNO3/c1-2-14(12-6-4-3-5-7-12)15-8-13(9-18(22)20(15)24)21(25)23-19-16-10-26-11-17(16)19/h2-9,14,16-17,19,24H,1,10-11H2,(H,23,25). The number of phenolic OH excluding ortho intramolecular Hbond substituents is 1. The second kappa shape index (κ2) is 6.89. The van der Waals surface area contributed by atoms with Gasteiger partial charge in [0, 0.05) is 34.9 Å². The van der Waals surface area contributed by atoms with Crippen LogP contribution < -0.4 is 5.32 Å². The van der Waals surface area contributed by atoms with Gasteiger partial charge in [-0.15, -0.1) is 6.58 Å². The van der Waals surface area contributed by atoms with Gasteiger partial charge in [0.25, 0.3) is 5.91 Å². The van der Waals surface area contributed by atoms with Gasteiger partial charge in [0.05, 0.1) is 17.7 Å². The highest BCUT2D eigenvalue weighted by Gasteiger charge is 2.54. The van der Waals surface area contributed by atoms with Crippen LogP contribution in [0.4, 0.5) is 0 Å². The van der Waals surface area contributed by atoms with Crippen LogP contribution in [0.2, 0.25) is 0 Å². The first-order valence-electron chi connectivity index (χ1n) is 8.68. The average Bonchev–Trinajstić information content (AvgIpc) is 3.06. The van der Waals surface area contributed by atoms with E-state index in [0.717, 1.165) is 18.8 Å². The zero-order chi connectivity index (χ0) is 18.3. The minimum atomic E-state index is -0.200. The number of fused-ring (bicyclic) bond motifs is 1. The van der Waals surface area contributed by atoms with E-state index >= 15 is 0 Å². The smallest absolute Gasteiger partial charge is 0.251 e. The first kappa shape index (κ1) is 17.3. The fourth-order valence-corrected chi connectivity index (χ4v) is 4.26. The fraction of sp³-hybridized carbons (Fsp3) is 0.286. The van der Waals surface area contributed by atoms with Gasteiger partial charge < -0.3 is 15.2 Å². The number of allylic oxidation sites excluding steroid dienone is 1. The van der Waals surface area contributed by atoms with Crippen LogP contribution in [0.15, 0.2) is 59.6 Å². The molecular formula is C21H20BrNO3. The van der Waals surface area contributed by atoms with Crippen molar-refractivity contribution < 1.29 is 14.6 Å². The summed E-state index contributed by atoms with van der Waals surface area (Å²) in [5.74, 6) is 0.705. The molecule has 134 valence electrons. The number of carbonyl (C=O) groups is 1. The summed E-state index contributed by atoms with van der Waals surface area (Å²) < 4.78 is 5.87. The summed E-state index contributed by atoms with van der Waals surface area (Å²) in [4.78, 5) is 12.7. The Balaban J connectivity index is 1.63. The van der Waals surface area contributed by atoms with E-state index in [0.29, 0.717) is 27.4 Å². The summed E-state index contributed by atoms with van der Waals surface area (Å²) in [6.45, 7) is 5.37. The monoisotopic (exact) mass is 413 g/mol. The van der Waals surface area contributed by atoms with Crippen molar-refractivity contribution in [3.8, 4) is 5.75 Å². The predicted molar refractivity (Wildman–Crippen MR) is 103 cm³/mol. The molecule has 3 unspecified atom stereocenters. The molecule has 5 heteroatoms. The maximum absolute atomic E-state index is 12.7. The third-order valence-electron chi connectivity index (χ3n) is 5.33. The van der Waals surface area contributed by atoms with Gasteiger partial charge in [0.2, 0.25) is 0 Å². The molecule has 1 saturated heterocycles. The number of halogens is 1. The minimum Gasteiger partial charge on any atom is -0.506 e. The Morgan fingerprint density at radius 1 is 1.27 bits per heavy atom. The average molecular weight is 414 g/mol. The topological polar surface area (TPSA) is 58.6 Å². The Kier molecular flexibility index (Phi) is 4.59. The van der Waals surface area contributed by atoms with Gasteiger partial charge in [-0.25, -0.2) is 0 Å². The van der Waals surface area contributed by atoms with Crippen LogP contribution in [0.3, 0.4) is 0 Å². The number of nitrogens with one attached hydrogen (secondary N) is 1. The van der Waals surface area contributed by atoms with Crippen LogP contribution in [0.25, 0.3) is 0 Å². The maximum atomic E-state index is 12.7. The molecule has 1 aliphatic carbocycles. The highest BCUT2D eigenvalue weighted by Crippen LogP contribution is 2.44. The van der Waals surface area contributed by atoms with Crippen LogP contribution in [0.1, 0.15) is 27.4 Å². The van der Waals surface area contributed by atoms with Crippen LogP contribution in [-0.4, -0.2) is 30.3 Å². The van der Waals surface area contributed by atoms with Gasteiger partial charge in [0.15, 0.2) is 0 Å². The summed E-state index contributed by atoms with van der Waals surface area (Å²) in [5, 5.41) is 13.6. The summed E-state index contributed by atoms with van der Waals surface area (Å²) in [6, 6.07) is 13.4. The molecule has 26 heavy (non-hydrogen) atoms. The van der Waals surface area contributed by atoms with E-state index in [-0.39, 0.29) is 23.6 Å². The number of hydrogen-bond acceptors (Lipinski definition) is 3. The molecule has 0 radical (unpaired) electrons. The van der Waals surface area contributed by atoms with Gasteiger partial charge >= 0.3 is 0 Å². The Morgan fingerprint density at radius 2 is 1.96 bits per heavy atom. The Labute approximate surface area is 161 Å². The molecule has 1 heterocycles. The first-order chi connectivity index (χ1) is 12.6. The van der Waals surface area contributed by atoms with Gasteiger partial charge in [-0.1, -0.05) is 36.4 Å². The summed E-state index contributed by atoms with van der Waals surface area (Å²) in [5.41, 5.74) is 2.19. The molecule has 2 N–H and O–H groups in total. The molecule has 2 fully saturated rings. The number of phenols is 1. The molecule has 1 saturated carbocycles. The van der Waals surface area contributed by atoms with Crippen molar-refractivity contribution in [2.75, 3.05) is 13.2 Å². The van der Waals surface area contributed by atoms with Crippen molar-refractivity contribution in [1.82, 2.24) is 5.32 Å². The predicted octanol–water partition coefficient (Wildman–Crippen LogP) is 3.85. The second-order valence-electron chi connectivity index (χ2n) is 6.88. The van der Waals surface area contributed by atoms with Crippen molar-refractivity contribution >= 4 is 21.8 Å². The minimum absolute atomic E-state index is 0.123. The third-order valence-corrected chi connectivity index (χ3v) is 5.94. The van der Waals surface area contributed by atoms with Gasteiger partial charge in [-0.2, -0.15) is 0 Å². The van der Waals surface area contributed by atoms with Crippen molar-refractivity contribution in [1.29, 1.82) is 0 Å². The van der Waals surface area contributed by atoms with Crippen molar-refractivity contribution in [3.63, 3.8) is 0 Å². The lowest BCUT2D eigenvalue weighted by Crippen LogP contribution is -2.30. The number of rotatable bonds is 5. The molecule has 2 aromatic carbocycles. The quantitative estimate of drug-likeness (QED) is 0.731. The number of amides is 1. The molecule has 1 amide bonds. The van der Waals surface area contributed by atoms with E-state index in [1.165, 1.54) is 0 Å². The van der Waals surface area contributed by atoms with Gasteiger partial charge in [-0.05, 0) is 33.6 Å². The van der Waals surface area contributed by atoms with Gasteiger partial charge in [-0.3, -0.25) is 4.79 Å². The molecule has 0 spiro atoms. The van der Waals surface area contributed by atoms with E-state index in [4.69, 9.17) is 4.74 Å². The molecule has 0 bridgehead atoms. The molecule has 0 aromatic heterocycles. The number of ether oxygens (including phenoxy) is 1. The fourth-order valence-electron chi connectivity index (χ4n) is 3.78. The summed E-state index contributed by atoms with van der Waals surface area (Å²) in [6.07, 6.45) is 1.78. The molecule has 4 nitrogen and oxygen atoms in total. The van der Waals surface area contributed by atoms with Crippen molar-refractivity contribution in [2.45, 2.75) is 12.0 Å². The highest BCUT2D eigenvalue weighted by molar-refractivity contribution is 9.10. The SMILES string of the molecule is C=CC(c1ccccc1)c1cc(C(=O)NC2C3COCC32)cc(Br)c1O. The number of aromatic hydroxyl groups is 1. The normalized spacial score (nSPS) is 24.6. The second-order valence-corrected chi connectivity index (χ2v) is 7.74. The van der Waals surface area contributed by atoms with E-state index in [9.17, 15) is 9.90 Å². The summed E-state index contributed by atoms with van der Waals surface area (Å²) in [7, 11) is 0. The van der Waals surface area contributed by atoms with Gasteiger partial charge in [0.1, 0.15) is 5.75 Å². The largest absolute Gasteiger partial charge is 0.506 e.